The van der Waals surface area contributed by atoms with Crippen molar-refractivity contribution in [2.24, 2.45) is 0 Å². The Hall–Kier alpha value is -1.53. The van der Waals surface area contributed by atoms with Gasteiger partial charge in [-0.05, 0) is 30.5 Å². The quantitative estimate of drug-likeness (QED) is 0.426. The molecule has 0 saturated heterocycles. The van der Waals surface area contributed by atoms with E-state index in [1.165, 1.54) is 11.0 Å². The molecule has 16 heavy (non-hydrogen) atoms. The van der Waals surface area contributed by atoms with Crippen molar-refractivity contribution in [1.29, 1.82) is 0 Å². The summed E-state index contributed by atoms with van der Waals surface area (Å²) in [5.74, 6) is 1.42. The van der Waals surface area contributed by atoms with Crippen molar-refractivity contribution in [2.45, 2.75) is 6.92 Å². The number of benzene rings is 1. The van der Waals surface area contributed by atoms with Gasteiger partial charge in [0, 0.05) is 20.1 Å². The van der Waals surface area contributed by atoms with Crippen LogP contribution in [0.4, 0.5) is 4.39 Å². The predicted molar refractivity (Wildman–Crippen MR) is 61.9 cm³/mol. The van der Waals surface area contributed by atoms with Crippen molar-refractivity contribution in [2.75, 3.05) is 14.1 Å². The van der Waals surface area contributed by atoms with Crippen molar-refractivity contribution < 1.29 is 9.18 Å². The van der Waals surface area contributed by atoms with Gasteiger partial charge in [0.05, 0.1) is 10.6 Å². The molecule has 0 saturated carbocycles. The number of carbonyl (C=O) groups is 1. The molecule has 0 heterocycles. The van der Waals surface area contributed by atoms with E-state index in [1.807, 2.05) is 0 Å². The molecule has 0 aliphatic carbocycles. The molecule has 84 valence electrons. The Bertz CT molecular complexity index is 486. The van der Waals surface area contributed by atoms with Gasteiger partial charge in [-0.25, -0.2) is 4.39 Å². The summed E-state index contributed by atoms with van der Waals surface area (Å²) in [4.78, 5) is 13.1. The molecule has 0 aliphatic heterocycles. The van der Waals surface area contributed by atoms with Crippen LogP contribution in [-0.4, -0.2) is 24.8 Å². The highest BCUT2D eigenvalue weighted by Crippen LogP contribution is 2.20. The van der Waals surface area contributed by atoms with Crippen LogP contribution in [0.5, 0.6) is 0 Å². The maximum atomic E-state index is 13.2. The highest BCUT2D eigenvalue weighted by Gasteiger charge is 2.11. The number of hydrogen-bond donors (Lipinski definition) is 0. The highest BCUT2D eigenvalue weighted by molar-refractivity contribution is 6.35. The molecular weight excluding hydrogens is 229 g/mol. The first kappa shape index (κ1) is 12.5. The monoisotopic (exact) mass is 239 g/mol. The summed E-state index contributed by atoms with van der Waals surface area (Å²) in [6.07, 6.45) is 0. The molecule has 4 heteroatoms. The van der Waals surface area contributed by atoms with Crippen molar-refractivity contribution in [3.05, 3.63) is 34.1 Å². The zero-order chi connectivity index (χ0) is 12.3. The van der Waals surface area contributed by atoms with Gasteiger partial charge < -0.3 is 4.90 Å². The summed E-state index contributed by atoms with van der Waals surface area (Å²) in [5.41, 5.74) is 0.501. The summed E-state index contributed by atoms with van der Waals surface area (Å²) >= 11 is 5.84. The molecule has 0 unspecified atom stereocenters. The fourth-order valence-corrected chi connectivity index (χ4v) is 1.35. The van der Waals surface area contributed by atoms with E-state index in [-0.39, 0.29) is 10.6 Å². The summed E-state index contributed by atoms with van der Waals surface area (Å²) in [7, 11) is 3.41. The summed E-state index contributed by atoms with van der Waals surface area (Å²) in [6.45, 7) is 1.58. The smallest absolute Gasteiger partial charge is 0.239 e. The van der Waals surface area contributed by atoms with Crippen molar-refractivity contribution in [1.82, 2.24) is 4.90 Å². The van der Waals surface area contributed by atoms with Crippen LogP contribution in [0.1, 0.15) is 15.9 Å². The van der Waals surface area contributed by atoms with Gasteiger partial charge in [-0.15, -0.1) is 0 Å². The number of carbonyl (C=O) groups excluding carboxylic acids is 1. The Kier molecular flexibility index (Phi) is 3.92. The third-order valence-electron chi connectivity index (χ3n) is 1.89. The maximum Gasteiger partial charge on any atom is 0.239 e. The first-order chi connectivity index (χ1) is 7.41. The number of hydrogen-bond acceptors (Lipinski definition) is 2. The first-order valence-electron chi connectivity index (χ1n) is 4.60. The van der Waals surface area contributed by atoms with Crippen molar-refractivity contribution in [3.8, 4) is 12.0 Å². The van der Waals surface area contributed by atoms with E-state index < -0.39 is 11.6 Å². The minimum absolute atomic E-state index is 0.0964. The molecule has 1 aromatic rings. The summed E-state index contributed by atoms with van der Waals surface area (Å²) in [6, 6.07) is 5.09. The van der Waals surface area contributed by atoms with Crippen LogP contribution in [0.2, 0.25) is 5.02 Å². The minimum atomic E-state index is -0.488. The Morgan fingerprint density at radius 2 is 2.06 bits per heavy atom. The van der Waals surface area contributed by atoms with Gasteiger partial charge in [0.25, 0.3) is 0 Å². The van der Waals surface area contributed by atoms with Gasteiger partial charge in [-0.3, -0.25) is 4.79 Å². The topological polar surface area (TPSA) is 20.3 Å². The van der Waals surface area contributed by atoms with Crippen LogP contribution in [0.25, 0.3) is 0 Å². The molecule has 0 spiro atoms. The lowest BCUT2D eigenvalue weighted by Crippen LogP contribution is -2.04. The van der Waals surface area contributed by atoms with E-state index in [1.54, 1.807) is 21.0 Å². The lowest BCUT2D eigenvalue weighted by molar-refractivity contribution is 0.105. The van der Waals surface area contributed by atoms with Crippen LogP contribution in [-0.2, 0) is 0 Å². The molecular formula is C12H11ClFNO. The summed E-state index contributed by atoms with van der Waals surface area (Å²) in [5, 5.41) is 0.219. The maximum absolute atomic E-state index is 13.2. The third kappa shape index (κ3) is 2.98. The highest BCUT2D eigenvalue weighted by atomic mass is 35.5. The van der Waals surface area contributed by atoms with E-state index in [0.717, 1.165) is 6.07 Å². The van der Waals surface area contributed by atoms with E-state index in [4.69, 9.17) is 11.6 Å². The second-order valence-electron chi connectivity index (χ2n) is 3.54. The van der Waals surface area contributed by atoms with E-state index in [2.05, 4.69) is 12.0 Å². The molecule has 0 atom stereocenters. The molecule has 0 amide bonds. The van der Waals surface area contributed by atoms with Crippen molar-refractivity contribution in [3.63, 3.8) is 0 Å². The molecule has 0 aromatic heterocycles. The number of ketones is 1. The molecule has 2 nitrogen and oxygen atoms in total. The molecule has 1 aromatic carbocycles. The van der Waals surface area contributed by atoms with Crippen LogP contribution in [0.3, 0.4) is 0 Å². The summed E-state index contributed by atoms with van der Waals surface area (Å²) < 4.78 is 13.2. The molecule has 0 aliphatic rings. The van der Waals surface area contributed by atoms with Gasteiger partial charge in [0.2, 0.25) is 5.78 Å². The Labute approximate surface area is 99.0 Å². The van der Waals surface area contributed by atoms with Gasteiger partial charge >= 0.3 is 0 Å². The van der Waals surface area contributed by atoms with Gasteiger partial charge in [0.1, 0.15) is 5.82 Å². The second-order valence-corrected chi connectivity index (χ2v) is 3.95. The van der Waals surface area contributed by atoms with Crippen LogP contribution < -0.4 is 0 Å². The second kappa shape index (κ2) is 5.00. The van der Waals surface area contributed by atoms with Gasteiger partial charge in [0.15, 0.2) is 0 Å². The minimum Gasteiger partial charge on any atom is -0.338 e. The lowest BCUT2D eigenvalue weighted by atomic mass is 10.1. The van der Waals surface area contributed by atoms with Gasteiger partial charge in [-0.1, -0.05) is 11.6 Å². The van der Waals surface area contributed by atoms with Crippen LogP contribution in [0.15, 0.2) is 12.1 Å². The fraction of sp³-hybridized carbons (Fsp3) is 0.250. The normalized spacial score (nSPS) is 9.31. The molecule has 0 bridgehead atoms. The zero-order valence-electron chi connectivity index (χ0n) is 9.27. The standard InChI is InChI=1S/C12H11ClFNO/c1-8-6-10(13)9(7-11(8)14)12(16)4-5-15(2)3/h6-7H,1-3H3. The molecule has 0 fully saturated rings. The lowest BCUT2D eigenvalue weighted by Gasteiger charge is -2.02. The fourth-order valence-electron chi connectivity index (χ4n) is 1.05. The van der Waals surface area contributed by atoms with Crippen LogP contribution >= 0.6 is 11.6 Å². The van der Waals surface area contributed by atoms with Gasteiger partial charge in [-0.2, -0.15) is 0 Å². The van der Waals surface area contributed by atoms with Crippen molar-refractivity contribution >= 4 is 17.4 Å². The van der Waals surface area contributed by atoms with E-state index in [0.29, 0.717) is 5.56 Å². The number of nitrogens with zero attached hydrogens (tertiary/aromatic N) is 1. The Morgan fingerprint density at radius 1 is 1.44 bits per heavy atom. The zero-order valence-corrected chi connectivity index (χ0v) is 10.0. The predicted octanol–water partition coefficient (Wildman–Crippen LogP) is 2.49. The third-order valence-corrected chi connectivity index (χ3v) is 2.20. The number of aryl methyl sites for hydroxylation is 1. The number of Topliss-reactive ketones (excluding diaryl/α,β-unsaturated/α-hetero) is 1. The molecule has 1 rings (SSSR count). The Balaban J connectivity index is 3.11. The molecule has 0 N–H and O–H groups in total. The molecule has 0 radical (unpaired) electrons. The van der Waals surface area contributed by atoms with E-state index in [9.17, 15) is 9.18 Å². The average molecular weight is 240 g/mol. The number of rotatable bonds is 1. The SMILES string of the molecule is Cc1cc(Cl)c(C(=O)C#CN(C)C)cc1F. The largest absolute Gasteiger partial charge is 0.338 e. The Morgan fingerprint density at radius 3 is 2.62 bits per heavy atom. The van der Waals surface area contributed by atoms with Crippen LogP contribution in [0, 0.1) is 24.7 Å². The average Bonchev–Trinajstić information content (AvgIpc) is 2.20. The van der Waals surface area contributed by atoms with E-state index >= 15 is 0 Å². The first-order valence-corrected chi connectivity index (χ1v) is 4.98. The number of halogens is 2.